The minimum atomic E-state index is -0.314. The van der Waals surface area contributed by atoms with E-state index in [0.717, 1.165) is 44.1 Å². The first-order valence-corrected chi connectivity index (χ1v) is 11.7. The van der Waals surface area contributed by atoms with Crippen molar-refractivity contribution in [2.45, 2.75) is 0 Å². The summed E-state index contributed by atoms with van der Waals surface area (Å²) >= 11 is 0. The van der Waals surface area contributed by atoms with E-state index >= 15 is 0 Å². The Hall–Kier alpha value is -5.24. The van der Waals surface area contributed by atoms with Gasteiger partial charge in [0.15, 0.2) is 0 Å². The van der Waals surface area contributed by atoms with Gasteiger partial charge in [-0.15, -0.1) is 0 Å². The molecule has 37 heavy (non-hydrogen) atoms. The quantitative estimate of drug-likeness (QED) is 0.332. The number of carbonyl (C=O) groups excluding carboxylic acids is 2. The molecule has 0 unspecified atom stereocenters. The maximum Gasteiger partial charge on any atom is 0.263 e. The number of amides is 2. The molecule has 7 rings (SSSR count). The lowest BCUT2D eigenvalue weighted by molar-refractivity contribution is 0.0693. The maximum absolute atomic E-state index is 13.2. The smallest absolute Gasteiger partial charge is 0.263 e. The molecule has 0 atom stereocenters. The van der Waals surface area contributed by atoms with Crippen LogP contribution in [-0.2, 0) is 0 Å². The third-order valence-electron chi connectivity index (χ3n) is 6.90. The molecule has 3 aromatic carbocycles. The molecule has 0 fully saturated rings. The number of hydrogen-bond donors (Lipinski definition) is 0. The van der Waals surface area contributed by atoms with Crippen molar-refractivity contribution in [1.82, 2.24) is 29.4 Å². The Labute approximate surface area is 210 Å². The Morgan fingerprint density at radius 3 is 1.62 bits per heavy atom. The molecule has 4 heterocycles. The lowest BCUT2D eigenvalue weighted by Gasteiger charge is -2.12. The van der Waals surface area contributed by atoms with Crippen LogP contribution in [0, 0.1) is 0 Å². The summed E-state index contributed by atoms with van der Waals surface area (Å²) in [6.07, 6.45) is 10.2. The summed E-state index contributed by atoms with van der Waals surface area (Å²) in [5, 5.41) is 1.96. The number of fused-ring (bicyclic) bond motifs is 4. The third kappa shape index (κ3) is 2.96. The average molecular weight is 483 g/mol. The fourth-order valence-electron chi connectivity index (χ4n) is 5.30. The van der Waals surface area contributed by atoms with Crippen LogP contribution >= 0.6 is 0 Å². The SMILES string of the molecule is CN1C(=O)c2cccc(-n3c4cccc(-c5cncnc5)c4c4c(-c5cncnc5)cccc43)c2C1=O. The highest BCUT2D eigenvalue weighted by atomic mass is 16.2. The van der Waals surface area contributed by atoms with Gasteiger partial charge in [-0.3, -0.25) is 14.5 Å². The molecular formula is C29H18N6O2. The van der Waals surface area contributed by atoms with Gasteiger partial charge >= 0.3 is 0 Å². The topological polar surface area (TPSA) is 93.9 Å². The van der Waals surface area contributed by atoms with Crippen LogP contribution in [0.25, 0.3) is 49.7 Å². The van der Waals surface area contributed by atoms with E-state index in [1.807, 2.05) is 48.5 Å². The van der Waals surface area contributed by atoms with E-state index in [4.69, 9.17) is 0 Å². The molecule has 6 aromatic rings. The minimum Gasteiger partial charge on any atom is -0.308 e. The van der Waals surface area contributed by atoms with Gasteiger partial charge in [0.1, 0.15) is 12.7 Å². The van der Waals surface area contributed by atoms with E-state index in [1.165, 1.54) is 24.6 Å². The fourth-order valence-corrected chi connectivity index (χ4v) is 5.30. The molecule has 8 nitrogen and oxygen atoms in total. The number of rotatable bonds is 3. The zero-order chi connectivity index (χ0) is 25.1. The number of imide groups is 1. The zero-order valence-corrected chi connectivity index (χ0v) is 19.7. The molecule has 0 spiro atoms. The van der Waals surface area contributed by atoms with Gasteiger partial charge in [-0.1, -0.05) is 30.3 Å². The van der Waals surface area contributed by atoms with Gasteiger partial charge < -0.3 is 4.57 Å². The lowest BCUT2D eigenvalue weighted by Crippen LogP contribution is -2.24. The molecule has 176 valence electrons. The van der Waals surface area contributed by atoms with Gasteiger partial charge in [-0.05, 0) is 35.4 Å². The number of aromatic nitrogens is 5. The summed E-state index contributed by atoms with van der Waals surface area (Å²) < 4.78 is 2.06. The number of carbonyl (C=O) groups is 2. The highest BCUT2D eigenvalue weighted by Gasteiger charge is 2.36. The molecule has 3 aromatic heterocycles. The molecule has 0 N–H and O–H groups in total. The van der Waals surface area contributed by atoms with Gasteiger partial charge in [0.25, 0.3) is 11.8 Å². The predicted molar refractivity (Wildman–Crippen MR) is 139 cm³/mol. The molecule has 2 amide bonds. The van der Waals surface area contributed by atoms with E-state index in [-0.39, 0.29) is 11.8 Å². The summed E-state index contributed by atoms with van der Waals surface area (Å²) in [7, 11) is 1.52. The molecular weight excluding hydrogens is 464 g/mol. The van der Waals surface area contributed by atoms with Gasteiger partial charge in [-0.25, -0.2) is 19.9 Å². The Kier molecular flexibility index (Phi) is 4.49. The first-order chi connectivity index (χ1) is 18.1. The molecule has 1 aliphatic heterocycles. The van der Waals surface area contributed by atoms with Gasteiger partial charge in [0.2, 0.25) is 0 Å². The molecule has 0 saturated heterocycles. The van der Waals surface area contributed by atoms with Crippen molar-refractivity contribution in [1.29, 1.82) is 0 Å². The van der Waals surface area contributed by atoms with E-state index in [2.05, 4.69) is 24.5 Å². The van der Waals surface area contributed by atoms with Crippen LogP contribution in [0.3, 0.4) is 0 Å². The summed E-state index contributed by atoms with van der Waals surface area (Å²) in [5.74, 6) is -0.613. The Morgan fingerprint density at radius 1 is 0.595 bits per heavy atom. The summed E-state index contributed by atoms with van der Waals surface area (Å²) in [5.41, 5.74) is 6.90. The van der Waals surface area contributed by atoms with Crippen LogP contribution in [0.15, 0.2) is 92.0 Å². The van der Waals surface area contributed by atoms with Crippen molar-refractivity contribution in [2.75, 3.05) is 7.05 Å². The summed E-state index contributed by atoms with van der Waals surface area (Å²) in [4.78, 5) is 44.2. The minimum absolute atomic E-state index is 0.299. The Balaban J connectivity index is 1.68. The third-order valence-corrected chi connectivity index (χ3v) is 6.90. The standard InChI is InChI=1S/C29H18N6O2/c1-34-28(36)21-7-4-10-24(27(21)29(34)37)35-22-8-2-5-19(17-11-30-15-31-12-17)25(22)26-20(6-3-9-23(26)35)18-13-32-16-33-14-18/h2-16H,1H3. The van der Waals surface area contributed by atoms with Crippen LogP contribution in [0.2, 0.25) is 0 Å². The van der Waals surface area contributed by atoms with Crippen LogP contribution in [0.5, 0.6) is 0 Å². The van der Waals surface area contributed by atoms with Crippen molar-refractivity contribution >= 4 is 33.6 Å². The van der Waals surface area contributed by atoms with Crippen molar-refractivity contribution in [3.05, 3.63) is 103 Å². The van der Waals surface area contributed by atoms with E-state index < -0.39 is 0 Å². The second kappa shape index (κ2) is 7.89. The number of nitrogens with zero attached hydrogens (tertiary/aromatic N) is 6. The van der Waals surface area contributed by atoms with E-state index in [1.54, 1.807) is 30.9 Å². The number of benzene rings is 3. The van der Waals surface area contributed by atoms with Crippen LogP contribution in [0.4, 0.5) is 0 Å². The first-order valence-electron chi connectivity index (χ1n) is 11.7. The van der Waals surface area contributed by atoms with E-state index in [9.17, 15) is 9.59 Å². The van der Waals surface area contributed by atoms with Crippen molar-refractivity contribution < 1.29 is 9.59 Å². The molecule has 0 saturated carbocycles. The molecule has 0 radical (unpaired) electrons. The van der Waals surface area contributed by atoms with Crippen LogP contribution in [0.1, 0.15) is 20.7 Å². The van der Waals surface area contributed by atoms with E-state index in [0.29, 0.717) is 16.8 Å². The van der Waals surface area contributed by atoms with Crippen molar-refractivity contribution in [3.8, 4) is 27.9 Å². The first kappa shape index (κ1) is 21.1. The molecule has 0 aliphatic carbocycles. The highest BCUT2D eigenvalue weighted by molar-refractivity contribution is 6.25. The summed E-state index contributed by atoms with van der Waals surface area (Å²) in [6.45, 7) is 0. The highest BCUT2D eigenvalue weighted by Crippen LogP contribution is 2.43. The molecule has 1 aliphatic rings. The zero-order valence-electron chi connectivity index (χ0n) is 19.7. The molecule has 0 bridgehead atoms. The largest absolute Gasteiger partial charge is 0.308 e. The fraction of sp³-hybridized carbons (Fsp3) is 0.0345. The average Bonchev–Trinajstić information content (AvgIpc) is 3.41. The second-order valence-corrected chi connectivity index (χ2v) is 8.86. The number of hydrogen-bond acceptors (Lipinski definition) is 6. The van der Waals surface area contributed by atoms with Crippen molar-refractivity contribution in [2.24, 2.45) is 0 Å². The van der Waals surface area contributed by atoms with Crippen LogP contribution < -0.4 is 0 Å². The van der Waals surface area contributed by atoms with Crippen LogP contribution in [-0.4, -0.2) is 48.3 Å². The normalized spacial score (nSPS) is 13.1. The monoisotopic (exact) mass is 482 g/mol. The van der Waals surface area contributed by atoms with Gasteiger partial charge in [0.05, 0.1) is 27.8 Å². The lowest BCUT2D eigenvalue weighted by atomic mass is 9.97. The predicted octanol–water partition coefficient (Wildman–Crippen LogP) is 4.92. The maximum atomic E-state index is 13.2. The second-order valence-electron chi connectivity index (χ2n) is 8.86. The summed E-state index contributed by atoms with van der Waals surface area (Å²) in [6, 6.07) is 17.5. The Bertz CT molecular complexity index is 1780. The van der Waals surface area contributed by atoms with Gasteiger partial charge in [0, 0.05) is 53.7 Å². The Morgan fingerprint density at radius 2 is 1.08 bits per heavy atom. The van der Waals surface area contributed by atoms with Crippen molar-refractivity contribution in [3.63, 3.8) is 0 Å². The molecule has 8 heteroatoms. The van der Waals surface area contributed by atoms with Gasteiger partial charge in [-0.2, -0.15) is 0 Å².